The molecular weight excluding hydrogens is 453 g/mol. The van der Waals surface area contributed by atoms with Crippen molar-refractivity contribution in [1.82, 2.24) is 25.5 Å². The van der Waals surface area contributed by atoms with Crippen LogP contribution in [0.15, 0.2) is 30.6 Å². The molecule has 4 heterocycles. The zero-order valence-corrected chi connectivity index (χ0v) is 19.2. The van der Waals surface area contributed by atoms with Crippen molar-refractivity contribution in [2.75, 3.05) is 4.90 Å². The number of phenolic OH excluding ortho intramolecular Hbond substituents is 1. The smallest absolute Gasteiger partial charge is 0.185 e. The summed E-state index contributed by atoms with van der Waals surface area (Å²) >= 11 is 1.26. The molecule has 0 amide bonds. The average Bonchev–Trinajstić information content (AvgIpc) is 3.57. The highest BCUT2D eigenvalue weighted by Crippen LogP contribution is 2.39. The van der Waals surface area contributed by atoms with Crippen LogP contribution in [0.4, 0.5) is 10.2 Å². The molecule has 10 heteroatoms. The van der Waals surface area contributed by atoms with E-state index in [0.717, 1.165) is 38.5 Å². The molecule has 34 heavy (non-hydrogen) atoms. The summed E-state index contributed by atoms with van der Waals surface area (Å²) in [5.41, 5.74) is 1.17. The lowest BCUT2D eigenvalue weighted by Crippen LogP contribution is -2.62. The number of anilines is 1. The molecule has 3 aromatic rings. The van der Waals surface area contributed by atoms with Crippen molar-refractivity contribution in [2.45, 2.75) is 68.9 Å². The Morgan fingerprint density at radius 2 is 2.03 bits per heavy atom. The van der Waals surface area contributed by atoms with Crippen LogP contribution in [-0.4, -0.2) is 55.6 Å². The van der Waals surface area contributed by atoms with Crippen LogP contribution >= 0.6 is 11.3 Å². The van der Waals surface area contributed by atoms with Crippen molar-refractivity contribution in [3.05, 3.63) is 35.5 Å². The number of nitriles is 1. The fourth-order valence-electron chi connectivity index (χ4n) is 5.25. The summed E-state index contributed by atoms with van der Waals surface area (Å²) in [6.45, 7) is 0. The van der Waals surface area contributed by atoms with Crippen LogP contribution in [0, 0.1) is 11.3 Å². The highest BCUT2D eigenvalue weighted by Gasteiger charge is 2.46. The molecule has 174 valence electrons. The number of halogens is 1. The van der Waals surface area contributed by atoms with Crippen molar-refractivity contribution < 1.29 is 9.50 Å². The number of nitrogens with zero attached hydrogens (tertiary/aromatic N) is 6. The molecule has 2 aromatic heterocycles. The molecule has 0 spiro atoms. The average molecular weight is 478 g/mol. The predicted octanol–water partition coefficient (Wildman–Crippen LogP) is 3.83. The van der Waals surface area contributed by atoms with Gasteiger partial charge in [-0.05, 0) is 44.2 Å². The van der Waals surface area contributed by atoms with E-state index in [0.29, 0.717) is 38.7 Å². The summed E-state index contributed by atoms with van der Waals surface area (Å²) < 4.78 is 15.4. The lowest BCUT2D eigenvalue weighted by molar-refractivity contribution is 0.104. The molecule has 2 aliphatic heterocycles. The van der Waals surface area contributed by atoms with E-state index in [4.69, 9.17) is 5.26 Å². The van der Waals surface area contributed by atoms with Gasteiger partial charge in [-0.2, -0.15) is 5.26 Å². The number of aromatic nitrogens is 4. The third-order valence-electron chi connectivity index (χ3n) is 7.01. The Balaban J connectivity index is 1.25. The summed E-state index contributed by atoms with van der Waals surface area (Å²) in [4.78, 5) is 11.3. The zero-order valence-electron chi connectivity index (χ0n) is 18.4. The zero-order chi connectivity index (χ0) is 23.2. The van der Waals surface area contributed by atoms with Crippen molar-refractivity contribution in [3.8, 4) is 33.8 Å². The van der Waals surface area contributed by atoms with Gasteiger partial charge in [-0.15, -0.1) is 21.5 Å². The predicted molar refractivity (Wildman–Crippen MR) is 126 cm³/mol. The first kappa shape index (κ1) is 21.4. The summed E-state index contributed by atoms with van der Waals surface area (Å²) in [7, 11) is 0. The van der Waals surface area contributed by atoms with Gasteiger partial charge in [0.25, 0.3) is 0 Å². The van der Waals surface area contributed by atoms with Gasteiger partial charge in [0.05, 0.1) is 24.0 Å². The number of rotatable bonds is 5. The Bertz CT molecular complexity index is 1240. The van der Waals surface area contributed by atoms with E-state index in [9.17, 15) is 5.11 Å². The first-order valence-corrected chi connectivity index (χ1v) is 12.5. The first-order chi connectivity index (χ1) is 16.6. The molecule has 4 atom stereocenters. The van der Waals surface area contributed by atoms with Crippen LogP contribution in [0.25, 0.3) is 22.0 Å². The van der Waals surface area contributed by atoms with Gasteiger partial charge >= 0.3 is 0 Å². The Morgan fingerprint density at radius 1 is 1.15 bits per heavy atom. The molecular formula is C24H24FN7OS. The fourth-order valence-corrected chi connectivity index (χ4v) is 5.96. The normalized spacial score (nSPS) is 26.1. The number of fused-ring (bicyclic) bond motifs is 2. The fraction of sp³-hybridized carbons (Fsp3) is 0.458. The molecule has 6 rings (SSSR count). The summed E-state index contributed by atoms with van der Waals surface area (Å²) in [6, 6.07) is 7.53. The highest BCUT2D eigenvalue weighted by atomic mass is 32.1. The number of nitrogens with one attached hydrogen (secondary N) is 1. The second kappa shape index (κ2) is 8.56. The monoisotopic (exact) mass is 477 g/mol. The van der Waals surface area contributed by atoms with Gasteiger partial charge in [0.15, 0.2) is 11.6 Å². The minimum absolute atomic E-state index is 0.00908. The van der Waals surface area contributed by atoms with Crippen molar-refractivity contribution >= 4 is 17.2 Å². The minimum atomic E-state index is -0.942. The van der Waals surface area contributed by atoms with E-state index in [2.05, 4.69) is 36.5 Å². The number of hydrogen-bond donors (Lipinski definition) is 2. The molecule has 0 radical (unpaired) electrons. The Hall–Kier alpha value is -3.16. The first-order valence-electron chi connectivity index (χ1n) is 11.7. The molecule has 1 saturated carbocycles. The Morgan fingerprint density at radius 3 is 2.74 bits per heavy atom. The third kappa shape index (κ3) is 3.89. The van der Waals surface area contributed by atoms with E-state index in [1.54, 1.807) is 18.3 Å². The van der Waals surface area contributed by atoms with E-state index in [-0.39, 0.29) is 23.9 Å². The van der Waals surface area contributed by atoms with Gasteiger partial charge in [-0.25, -0.2) is 14.4 Å². The maximum Gasteiger partial charge on any atom is 0.185 e. The highest BCUT2D eigenvalue weighted by molar-refractivity contribution is 7.15. The topological polar surface area (TPSA) is 111 Å². The van der Waals surface area contributed by atoms with Gasteiger partial charge in [0.2, 0.25) is 0 Å². The number of thiazole rings is 1. The molecule has 2 saturated heterocycles. The summed E-state index contributed by atoms with van der Waals surface area (Å²) in [5, 5.41) is 32.4. The van der Waals surface area contributed by atoms with Gasteiger partial charge in [0, 0.05) is 23.7 Å². The number of aromatic hydroxyl groups is 1. The standard InChI is InChI=1S/C24H24FN7OS/c25-22-18-3-1-2-14(29-18)9-19(22)32(15-5-6-15)21-12-27-23(31-30-21)17-7-4-13(8-20(17)33)24-28-11-16(10-26)34-24/h4,7-8,11-12,14-15,18-19,22,29,33H,1-3,5-6,9H2/t14-,18+,19-,22+/m0/s1. The third-order valence-corrected chi connectivity index (χ3v) is 7.96. The lowest BCUT2D eigenvalue weighted by Gasteiger charge is -2.47. The van der Waals surface area contributed by atoms with Crippen molar-refractivity contribution in [1.29, 1.82) is 5.26 Å². The maximum atomic E-state index is 15.4. The van der Waals surface area contributed by atoms with Crippen LogP contribution in [0.2, 0.25) is 0 Å². The summed E-state index contributed by atoms with van der Waals surface area (Å²) in [5.74, 6) is 0.913. The molecule has 2 bridgehead atoms. The number of benzene rings is 1. The van der Waals surface area contributed by atoms with Gasteiger partial charge in [-0.1, -0.05) is 12.5 Å². The lowest BCUT2D eigenvalue weighted by atomic mass is 9.82. The molecule has 0 unspecified atom stereocenters. The minimum Gasteiger partial charge on any atom is -0.507 e. The largest absolute Gasteiger partial charge is 0.507 e. The van der Waals surface area contributed by atoms with Gasteiger partial charge in [-0.3, -0.25) is 0 Å². The van der Waals surface area contributed by atoms with E-state index in [1.807, 2.05) is 6.07 Å². The second-order valence-corrected chi connectivity index (χ2v) is 10.3. The van der Waals surface area contributed by atoms with Gasteiger partial charge in [0.1, 0.15) is 27.9 Å². The van der Waals surface area contributed by atoms with Gasteiger partial charge < -0.3 is 15.3 Å². The Labute approximate surface area is 200 Å². The van der Waals surface area contributed by atoms with Crippen LogP contribution in [0.5, 0.6) is 5.75 Å². The van der Waals surface area contributed by atoms with E-state index in [1.165, 1.54) is 17.5 Å². The number of alkyl halides is 1. The van der Waals surface area contributed by atoms with Crippen molar-refractivity contribution in [2.24, 2.45) is 0 Å². The van der Waals surface area contributed by atoms with Crippen LogP contribution in [0.1, 0.15) is 43.4 Å². The van der Waals surface area contributed by atoms with Crippen LogP contribution in [-0.2, 0) is 0 Å². The summed E-state index contributed by atoms with van der Waals surface area (Å²) in [6.07, 6.45) is 8.10. The van der Waals surface area contributed by atoms with Crippen LogP contribution in [0.3, 0.4) is 0 Å². The number of hydrogen-bond acceptors (Lipinski definition) is 9. The quantitative estimate of drug-likeness (QED) is 0.570. The van der Waals surface area contributed by atoms with E-state index < -0.39 is 6.17 Å². The number of phenols is 1. The molecule has 8 nitrogen and oxygen atoms in total. The molecule has 2 N–H and O–H groups in total. The Kier molecular flexibility index (Phi) is 5.38. The van der Waals surface area contributed by atoms with Crippen molar-refractivity contribution in [3.63, 3.8) is 0 Å². The molecule has 1 aromatic carbocycles. The molecule has 3 aliphatic rings. The molecule has 1 aliphatic carbocycles. The second-order valence-electron chi connectivity index (χ2n) is 9.30. The maximum absolute atomic E-state index is 15.4. The van der Waals surface area contributed by atoms with E-state index >= 15 is 4.39 Å². The molecule has 3 fully saturated rings. The SMILES string of the molecule is N#Cc1cnc(-c2ccc(-c3ncc(N(C4CC4)[C@H]4C[C@@H]5CCC[C@@H](N5)[C@H]4F)nn3)c(O)c2)s1. The number of piperidine rings is 2. The van der Waals surface area contributed by atoms with Crippen LogP contribution < -0.4 is 10.2 Å².